The minimum atomic E-state index is 0.408. The third-order valence-corrected chi connectivity index (χ3v) is 2.94. The van der Waals surface area contributed by atoms with E-state index in [2.05, 4.69) is 51.9 Å². The zero-order valence-electron chi connectivity index (χ0n) is 11.2. The van der Waals surface area contributed by atoms with Crippen LogP contribution in [0.25, 0.3) is 0 Å². The van der Waals surface area contributed by atoms with Gasteiger partial charge in [0.15, 0.2) is 0 Å². The summed E-state index contributed by atoms with van der Waals surface area (Å²) in [6.07, 6.45) is 0. The number of nitrogens with one attached hydrogen (secondary N) is 2. The van der Waals surface area contributed by atoms with Crippen molar-refractivity contribution in [3.05, 3.63) is 47.8 Å². The number of nitrogens with zero attached hydrogens (tertiary/aromatic N) is 2. The van der Waals surface area contributed by atoms with Gasteiger partial charge < -0.3 is 10.7 Å². The molecular weight excluding hydrogens is 238 g/mol. The Morgan fingerprint density at radius 3 is 2.53 bits per heavy atom. The van der Waals surface area contributed by atoms with Crippen molar-refractivity contribution in [3.8, 4) is 0 Å². The molecule has 0 saturated heterocycles. The number of hydrogen-bond acceptors (Lipinski definition) is 5. The molecule has 19 heavy (non-hydrogen) atoms. The molecular formula is C14H19N5. The van der Waals surface area contributed by atoms with Gasteiger partial charge in [0.25, 0.3) is 0 Å². The Labute approximate surface area is 113 Å². The second-order valence-electron chi connectivity index (χ2n) is 4.52. The number of aryl methyl sites for hydroxylation is 1. The summed E-state index contributed by atoms with van der Waals surface area (Å²) < 4.78 is 0. The van der Waals surface area contributed by atoms with Crippen molar-refractivity contribution in [3.63, 3.8) is 0 Å². The molecule has 0 bridgehead atoms. The van der Waals surface area contributed by atoms with E-state index >= 15 is 0 Å². The van der Waals surface area contributed by atoms with E-state index in [1.807, 2.05) is 13.0 Å². The number of hydrogen-bond donors (Lipinski definition) is 3. The molecule has 1 unspecified atom stereocenters. The number of nitrogens with two attached hydrogens (primary N) is 1. The molecule has 0 spiro atoms. The lowest BCUT2D eigenvalue weighted by Gasteiger charge is -2.14. The van der Waals surface area contributed by atoms with Crippen LogP contribution in [-0.4, -0.2) is 16.5 Å². The van der Waals surface area contributed by atoms with Crippen molar-refractivity contribution < 1.29 is 0 Å². The van der Waals surface area contributed by atoms with Gasteiger partial charge in [-0.1, -0.05) is 37.3 Å². The summed E-state index contributed by atoms with van der Waals surface area (Å²) >= 11 is 0. The van der Waals surface area contributed by atoms with Crippen LogP contribution in [0.2, 0.25) is 0 Å². The molecule has 0 aliphatic rings. The van der Waals surface area contributed by atoms with Gasteiger partial charge in [-0.3, -0.25) is 0 Å². The molecule has 0 aliphatic carbocycles. The Kier molecular flexibility index (Phi) is 4.30. The summed E-state index contributed by atoms with van der Waals surface area (Å²) in [6.45, 7) is 4.83. The van der Waals surface area contributed by atoms with Crippen molar-refractivity contribution in [1.82, 2.24) is 9.97 Å². The summed E-state index contributed by atoms with van der Waals surface area (Å²) in [7, 11) is 0. The Hall–Kier alpha value is -2.14. The molecule has 1 aromatic carbocycles. The van der Waals surface area contributed by atoms with E-state index in [4.69, 9.17) is 5.84 Å². The Morgan fingerprint density at radius 2 is 1.84 bits per heavy atom. The van der Waals surface area contributed by atoms with Crippen LogP contribution in [-0.2, 0) is 0 Å². The molecule has 0 radical (unpaired) electrons. The van der Waals surface area contributed by atoms with Crippen LogP contribution >= 0.6 is 0 Å². The van der Waals surface area contributed by atoms with Crippen LogP contribution in [0.15, 0.2) is 36.4 Å². The van der Waals surface area contributed by atoms with Crippen LogP contribution in [0.5, 0.6) is 0 Å². The highest BCUT2D eigenvalue weighted by Crippen LogP contribution is 2.16. The maximum absolute atomic E-state index is 5.37. The summed E-state index contributed by atoms with van der Waals surface area (Å²) in [4.78, 5) is 8.48. The van der Waals surface area contributed by atoms with Crippen molar-refractivity contribution in [1.29, 1.82) is 0 Å². The van der Waals surface area contributed by atoms with Crippen molar-refractivity contribution in [2.45, 2.75) is 19.8 Å². The number of hydrazine groups is 1. The molecule has 0 amide bonds. The van der Waals surface area contributed by atoms with Crippen LogP contribution in [0.4, 0.5) is 11.6 Å². The summed E-state index contributed by atoms with van der Waals surface area (Å²) in [5.41, 5.74) is 3.84. The highest BCUT2D eigenvalue weighted by Gasteiger charge is 2.06. The zero-order valence-corrected chi connectivity index (χ0v) is 11.2. The molecule has 4 N–H and O–H groups in total. The molecule has 100 valence electrons. The van der Waals surface area contributed by atoms with E-state index in [9.17, 15) is 0 Å². The molecule has 5 heteroatoms. The molecule has 2 rings (SSSR count). The summed E-state index contributed by atoms with van der Waals surface area (Å²) in [5, 5.41) is 3.31. The first kappa shape index (κ1) is 13.3. The van der Waals surface area contributed by atoms with E-state index < -0.39 is 0 Å². The fourth-order valence-electron chi connectivity index (χ4n) is 1.89. The maximum Gasteiger partial charge on any atom is 0.145 e. The van der Waals surface area contributed by atoms with Gasteiger partial charge >= 0.3 is 0 Å². The average Bonchev–Trinajstić information content (AvgIpc) is 2.45. The van der Waals surface area contributed by atoms with E-state index in [1.54, 1.807) is 6.07 Å². The Bertz CT molecular complexity index is 527. The number of rotatable bonds is 5. The van der Waals surface area contributed by atoms with Crippen molar-refractivity contribution in [2.24, 2.45) is 5.84 Å². The molecule has 2 aromatic rings. The van der Waals surface area contributed by atoms with E-state index in [0.717, 1.165) is 12.4 Å². The highest BCUT2D eigenvalue weighted by atomic mass is 15.3. The van der Waals surface area contributed by atoms with Crippen LogP contribution < -0.4 is 16.6 Å². The minimum absolute atomic E-state index is 0.408. The predicted octanol–water partition coefficient (Wildman–Crippen LogP) is 2.29. The van der Waals surface area contributed by atoms with Gasteiger partial charge in [-0.15, -0.1) is 0 Å². The maximum atomic E-state index is 5.37. The zero-order chi connectivity index (χ0) is 13.7. The number of aromatic nitrogens is 2. The minimum Gasteiger partial charge on any atom is -0.369 e. The van der Waals surface area contributed by atoms with Gasteiger partial charge in [-0.25, -0.2) is 15.8 Å². The Balaban J connectivity index is 2.01. The molecule has 0 aliphatic heterocycles. The average molecular weight is 257 g/mol. The third kappa shape index (κ3) is 3.66. The fourth-order valence-corrected chi connectivity index (χ4v) is 1.89. The topological polar surface area (TPSA) is 75.9 Å². The third-order valence-electron chi connectivity index (χ3n) is 2.94. The van der Waals surface area contributed by atoms with E-state index in [-0.39, 0.29) is 0 Å². The van der Waals surface area contributed by atoms with Crippen LogP contribution in [0, 0.1) is 6.92 Å². The molecule has 1 heterocycles. The SMILES string of the molecule is Cc1nc(NN)cc(NCC(C)c2ccccc2)n1. The standard InChI is InChI=1S/C14H19N5/c1-10(12-6-4-3-5-7-12)9-16-13-8-14(19-15)18-11(2)17-13/h3-8,10H,9,15H2,1-2H3,(H2,16,17,18,19). The predicted molar refractivity (Wildman–Crippen MR) is 77.9 cm³/mol. The second kappa shape index (κ2) is 6.15. The van der Waals surface area contributed by atoms with Gasteiger partial charge in [-0.05, 0) is 18.4 Å². The van der Waals surface area contributed by atoms with E-state index in [1.165, 1.54) is 5.56 Å². The fraction of sp³-hybridized carbons (Fsp3) is 0.286. The van der Waals surface area contributed by atoms with Gasteiger partial charge in [0, 0.05) is 12.6 Å². The highest BCUT2D eigenvalue weighted by molar-refractivity contribution is 5.47. The largest absolute Gasteiger partial charge is 0.369 e. The number of anilines is 2. The first-order valence-electron chi connectivity index (χ1n) is 6.30. The van der Waals surface area contributed by atoms with Gasteiger partial charge in [0.2, 0.25) is 0 Å². The summed E-state index contributed by atoms with van der Waals surface area (Å²) in [5.74, 6) is 7.85. The summed E-state index contributed by atoms with van der Waals surface area (Å²) in [6, 6.07) is 12.2. The molecule has 0 saturated carbocycles. The molecule has 1 atom stereocenters. The molecule has 0 fully saturated rings. The second-order valence-corrected chi connectivity index (χ2v) is 4.52. The van der Waals surface area contributed by atoms with E-state index in [0.29, 0.717) is 17.6 Å². The number of nitrogen functional groups attached to an aromatic ring is 1. The Morgan fingerprint density at radius 1 is 1.16 bits per heavy atom. The monoisotopic (exact) mass is 257 g/mol. The van der Waals surface area contributed by atoms with Crippen LogP contribution in [0.3, 0.4) is 0 Å². The lowest BCUT2D eigenvalue weighted by atomic mass is 10.0. The normalized spacial score (nSPS) is 11.9. The smallest absolute Gasteiger partial charge is 0.145 e. The number of benzene rings is 1. The van der Waals surface area contributed by atoms with Crippen LogP contribution in [0.1, 0.15) is 24.2 Å². The van der Waals surface area contributed by atoms with Crippen molar-refractivity contribution in [2.75, 3.05) is 17.3 Å². The lowest BCUT2D eigenvalue weighted by Crippen LogP contribution is -2.14. The molecule has 5 nitrogen and oxygen atoms in total. The lowest BCUT2D eigenvalue weighted by molar-refractivity contribution is 0.800. The van der Waals surface area contributed by atoms with Crippen molar-refractivity contribution >= 4 is 11.6 Å². The molecule has 1 aromatic heterocycles. The van der Waals surface area contributed by atoms with Gasteiger partial charge in [-0.2, -0.15) is 0 Å². The first-order valence-corrected chi connectivity index (χ1v) is 6.30. The quantitative estimate of drug-likeness (QED) is 0.566. The van der Waals surface area contributed by atoms with Gasteiger partial charge in [0.05, 0.1) is 0 Å². The van der Waals surface area contributed by atoms with Gasteiger partial charge in [0.1, 0.15) is 17.5 Å². The first-order chi connectivity index (χ1) is 9.19.